The Hall–Kier alpha value is -3.46. The van der Waals surface area contributed by atoms with Gasteiger partial charge in [0.2, 0.25) is 11.6 Å². The molecule has 1 aliphatic heterocycles. The molecule has 1 saturated heterocycles. The van der Waals surface area contributed by atoms with Crippen LogP contribution in [0.4, 0.5) is 28.8 Å². The van der Waals surface area contributed by atoms with Crippen LogP contribution in [0.1, 0.15) is 5.56 Å². The predicted molar refractivity (Wildman–Crippen MR) is 117 cm³/mol. The molecule has 0 saturated carbocycles. The van der Waals surface area contributed by atoms with Crippen LogP contribution in [-0.2, 0) is 0 Å². The number of nitro groups is 1. The number of nitrogens with one attached hydrogen (secondary N) is 1. The third-order valence-corrected chi connectivity index (χ3v) is 5.14. The summed E-state index contributed by atoms with van der Waals surface area (Å²) in [6.07, 6.45) is 2.98. The number of pyridine rings is 1. The quantitative estimate of drug-likeness (QED) is 0.486. The number of halogens is 1. The average molecular weight is 426 g/mol. The van der Waals surface area contributed by atoms with Gasteiger partial charge in [-0.25, -0.2) is 15.0 Å². The van der Waals surface area contributed by atoms with Gasteiger partial charge in [-0.3, -0.25) is 10.1 Å². The molecule has 0 bridgehead atoms. The van der Waals surface area contributed by atoms with Gasteiger partial charge in [0.25, 0.3) is 0 Å². The second-order valence-corrected chi connectivity index (χ2v) is 7.39. The van der Waals surface area contributed by atoms with E-state index in [0.29, 0.717) is 42.8 Å². The Balaban J connectivity index is 1.56. The summed E-state index contributed by atoms with van der Waals surface area (Å²) in [5.74, 6) is 0.921. The second kappa shape index (κ2) is 8.50. The molecule has 1 N–H and O–H groups in total. The van der Waals surface area contributed by atoms with E-state index in [2.05, 4.69) is 25.2 Å². The molecule has 30 heavy (non-hydrogen) atoms. The molecule has 0 aliphatic carbocycles. The highest BCUT2D eigenvalue weighted by Crippen LogP contribution is 2.34. The normalized spacial score (nSPS) is 13.9. The minimum atomic E-state index is -0.448. The molecule has 1 fully saturated rings. The largest absolute Gasteiger partial charge is 0.368 e. The third kappa shape index (κ3) is 4.25. The number of nitrogens with zero attached hydrogens (tertiary/aromatic N) is 6. The monoisotopic (exact) mass is 425 g/mol. The van der Waals surface area contributed by atoms with Crippen LogP contribution in [0.5, 0.6) is 0 Å². The molecule has 3 heterocycles. The highest BCUT2D eigenvalue weighted by atomic mass is 35.5. The molecule has 0 atom stereocenters. The van der Waals surface area contributed by atoms with Crippen LogP contribution in [0.15, 0.2) is 48.9 Å². The van der Waals surface area contributed by atoms with E-state index in [4.69, 9.17) is 11.6 Å². The topological polar surface area (TPSA) is 100 Å². The maximum atomic E-state index is 11.9. The van der Waals surface area contributed by atoms with Crippen LogP contribution in [0.2, 0.25) is 5.02 Å². The van der Waals surface area contributed by atoms with Crippen molar-refractivity contribution in [1.82, 2.24) is 15.0 Å². The number of aromatic nitrogens is 3. The zero-order valence-corrected chi connectivity index (χ0v) is 17.1. The molecule has 2 aromatic heterocycles. The first-order valence-corrected chi connectivity index (χ1v) is 9.83. The van der Waals surface area contributed by atoms with Gasteiger partial charge in [0, 0.05) is 43.1 Å². The lowest BCUT2D eigenvalue weighted by atomic mass is 10.2. The first-order chi connectivity index (χ1) is 14.5. The van der Waals surface area contributed by atoms with Crippen molar-refractivity contribution in [2.75, 3.05) is 41.3 Å². The summed E-state index contributed by atoms with van der Waals surface area (Å²) in [4.78, 5) is 28.1. The van der Waals surface area contributed by atoms with Gasteiger partial charge in [-0.2, -0.15) is 0 Å². The number of anilines is 4. The fourth-order valence-electron chi connectivity index (χ4n) is 3.44. The molecule has 0 unspecified atom stereocenters. The first-order valence-electron chi connectivity index (χ1n) is 9.46. The van der Waals surface area contributed by atoms with Gasteiger partial charge in [-0.15, -0.1) is 0 Å². The molecule has 1 aromatic carbocycles. The van der Waals surface area contributed by atoms with Crippen molar-refractivity contribution in [3.8, 4) is 0 Å². The van der Waals surface area contributed by atoms with Crippen molar-refractivity contribution in [3.63, 3.8) is 0 Å². The molecule has 0 amide bonds. The third-order valence-electron chi connectivity index (χ3n) is 4.90. The fraction of sp³-hybridized carbons (Fsp3) is 0.250. The zero-order chi connectivity index (χ0) is 21.1. The smallest absolute Gasteiger partial charge is 0.353 e. The molecule has 154 valence electrons. The summed E-state index contributed by atoms with van der Waals surface area (Å²) in [6, 6.07) is 11.3. The van der Waals surface area contributed by atoms with Crippen LogP contribution in [-0.4, -0.2) is 46.1 Å². The van der Waals surface area contributed by atoms with Gasteiger partial charge < -0.3 is 15.1 Å². The van der Waals surface area contributed by atoms with E-state index in [1.165, 1.54) is 6.33 Å². The predicted octanol–water partition coefficient (Wildman–Crippen LogP) is 3.81. The van der Waals surface area contributed by atoms with Gasteiger partial charge in [0.15, 0.2) is 0 Å². The summed E-state index contributed by atoms with van der Waals surface area (Å²) in [6.45, 7) is 4.50. The summed E-state index contributed by atoms with van der Waals surface area (Å²) in [7, 11) is 0. The molecular weight excluding hydrogens is 406 g/mol. The molecular formula is C20H20ClN7O2. The summed E-state index contributed by atoms with van der Waals surface area (Å²) in [5, 5.41) is 15.5. The van der Waals surface area contributed by atoms with Gasteiger partial charge >= 0.3 is 5.69 Å². The number of hydrogen-bond acceptors (Lipinski definition) is 8. The number of benzene rings is 1. The molecule has 4 rings (SSSR count). The molecule has 1 aliphatic rings. The average Bonchev–Trinajstić information content (AvgIpc) is 2.73. The first kappa shape index (κ1) is 19.8. The molecule has 10 heteroatoms. The van der Waals surface area contributed by atoms with Crippen molar-refractivity contribution in [3.05, 3.63) is 69.6 Å². The fourth-order valence-corrected chi connectivity index (χ4v) is 3.62. The van der Waals surface area contributed by atoms with Crippen LogP contribution in [0.25, 0.3) is 0 Å². The van der Waals surface area contributed by atoms with Crippen molar-refractivity contribution >= 4 is 40.4 Å². The lowest BCUT2D eigenvalue weighted by Crippen LogP contribution is -2.47. The molecule has 0 spiro atoms. The molecule has 9 nitrogen and oxygen atoms in total. The highest BCUT2D eigenvalue weighted by Gasteiger charge is 2.29. The van der Waals surface area contributed by atoms with E-state index >= 15 is 0 Å². The minimum Gasteiger partial charge on any atom is -0.368 e. The summed E-state index contributed by atoms with van der Waals surface area (Å²) < 4.78 is 0. The van der Waals surface area contributed by atoms with E-state index in [1.54, 1.807) is 12.3 Å². The Labute approximate surface area is 178 Å². The van der Waals surface area contributed by atoms with Crippen molar-refractivity contribution in [2.24, 2.45) is 0 Å². The Morgan fingerprint density at radius 3 is 2.53 bits per heavy atom. The number of hydrogen-bond donors (Lipinski definition) is 1. The minimum absolute atomic E-state index is 0.125. The molecule has 3 aromatic rings. The summed E-state index contributed by atoms with van der Waals surface area (Å²) in [5.41, 5.74) is 1.87. The van der Waals surface area contributed by atoms with Crippen LogP contribution < -0.4 is 15.1 Å². The number of aryl methyl sites for hydroxylation is 1. The van der Waals surface area contributed by atoms with E-state index in [0.717, 1.165) is 11.3 Å². The van der Waals surface area contributed by atoms with E-state index in [1.807, 2.05) is 42.2 Å². The van der Waals surface area contributed by atoms with Gasteiger partial charge in [-0.05, 0) is 42.8 Å². The van der Waals surface area contributed by atoms with Crippen LogP contribution in [0, 0.1) is 17.0 Å². The summed E-state index contributed by atoms with van der Waals surface area (Å²) >= 11 is 6.10. The number of rotatable bonds is 5. The maximum absolute atomic E-state index is 11.9. The van der Waals surface area contributed by atoms with Gasteiger partial charge in [0.1, 0.15) is 12.1 Å². The lowest BCUT2D eigenvalue weighted by Gasteiger charge is -2.36. The second-order valence-electron chi connectivity index (χ2n) is 6.95. The van der Waals surface area contributed by atoms with Crippen molar-refractivity contribution in [2.45, 2.75) is 6.92 Å². The lowest BCUT2D eigenvalue weighted by molar-refractivity contribution is -0.383. The van der Waals surface area contributed by atoms with Crippen LogP contribution in [0.3, 0.4) is 0 Å². The Morgan fingerprint density at radius 1 is 1.07 bits per heavy atom. The van der Waals surface area contributed by atoms with Crippen LogP contribution >= 0.6 is 11.6 Å². The highest BCUT2D eigenvalue weighted by molar-refractivity contribution is 6.30. The Bertz CT molecular complexity index is 1070. The maximum Gasteiger partial charge on any atom is 0.353 e. The van der Waals surface area contributed by atoms with Gasteiger partial charge in [-0.1, -0.05) is 17.7 Å². The number of piperazine rings is 1. The van der Waals surface area contributed by atoms with E-state index in [-0.39, 0.29) is 11.5 Å². The standard InChI is InChI=1S/C20H20ClN7O2/c1-14-5-6-22-17(11-14)25-19-18(28(29)30)20(24-13-23-19)27-9-7-26(8-10-27)16-4-2-3-15(21)12-16/h2-6,11-13H,7-10H2,1H3,(H,22,23,24,25). The van der Waals surface area contributed by atoms with Crippen molar-refractivity contribution < 1.29 is 4.92 Å². The molecule has 0 radical (unpaired) electrons. The van der Waals surface area contributed by atoms with Gasteiger partial charge in [0.05, 0.1) is 4.92 Å². The SMILES string of the molecule is Cc1ccnc(Nc2ncnc(N3CCN(c4cccc(Cl)c4)CC3)c2[N+](=O)[O-])c1. The van der Waals surface area contributed by atoms with E-state index in [9.17, 15) is 10.1 Å². The van der Waals surface area contributed by atoms with Crippen molar-refractivity contribution in [1.29, 1.82) is 0 Å². The Morgan fingerprint density at radius 2 is 1.83 bits per heavy atom. The Kier molecular flexibility index (Phi) is 5.62. The zero-order valence-electron chi connectivity index (χ0n) is 16.3. The van der Waals surface area contributed by atoms with E-state index < -0.39 is 4.92 Å².